The highest BCUT2D eigenvalue weighted by Gasteiger charge is 2.14. The van der Waals surface area contributed by atoms with E-state index in [0.717, 1.165) is 0 Å². The minimum atomic E-state index is -0.998. The van der Waals surface area contributed by atoms with Gasteiger partial charge in [0.1, 0.15) is 5.56 Å². The molecule has 1 aromatic heterocycles. The average Bonchev–Trinajstić information content (AvgIpc) is 2.60. The van der Waals surface area contributed by atoms with Crippen molar-refractivity contribution in [1.82, 2.24) is 15.3 Å². The van der Waals surface area contributed by atoms with E-state index in [-0.39, 0.29) is 12.1 Å². The molecule has 0 spiro atoms. The molecular weight excluding hydrogens is 214 g/mol. The third-order valence-electron chi connectivity index (χ3n) is 2.02. The third-order valence-corrected chi connectivity index (χ3v) is 2.02. The van der Waals surface area contributed by atoms with Gasteiger partial charge in [-0.2, -0.15) is 10.6 Å². The van der Waals surface area contributed by atoms with Gasteiger partial charge in [-0.15, -0.1) is 0 Å². The molecule has 0 bridgehead atoms. The first-order valence-electron chi connectivity index (χ1n) is 4.74. The minimum absolute atomic E-state index is 0.172. The van der Waals surface area contributed by atoms with Crippen molar-refractivity contribution in [3.8, 4) is 0 Å². The summed E-state index contributed by atoms with van der Waals surface area (Å²) in [6.07, 6.45) is 1.31. The number of rotatable bonds is 7. The lowest BCUT2D eigenvalue weighted by atomic mass is 10.2. The van der Waals surface area contributed by atoms with Gasteiger partial charge in [0.05, 0.1) is 31.6 Å². The molecule has 1 heterocycles. The number of hydrogen-bond acceptors (Lipinski definition) is 5. The van der Waals surface area contributed by atoms with Gasteiger partial charge in [-0.05, 0) is 0 Å². The largest absolute Gasteiger partial charge is 0.478 e. The van der Waals surface area contributed by atoms with Crippen molar-refractivity contribution in [2.45, 2.75) is 6.54 Å². The Bertz CT molecular complexity index is 351. The van der Waals surface area contributed by atoms with E-state index in [1.165, 1.54) is 10.9 Å². The van der Waals surface area contributed by atoms with Crippen LogP contribution in [0.3, 0.4) is 0 Å². The molecule has 7 nitrogen and oxygen atoms in total. The lowest BCUT2D eigenvalue weighted by Gasteiger charge is -2.06. The first kappa shape index (κ1) is 12.6. The smallest absolute Gasteiger partial charge is 0.339 e. The van der Waals surface area contributed by atoms with Crippen LogP contribution in [0, 0.1) is 0 Å². The molecule has 0 aliphatic heterocycles. The molecule has 0 unspecified atom stereocenters. The van der Waals surface area contributed by atoms with Crippen molar-refractivity contribution in [2.24, 2.45) is 7.05 Å². The highest BCUT2D eigenvalue weighted by molar-refractivity contribution is 5.88. The molecular formula is C9H15N3O4. The number of nitrogens with zero attached hydrogens (tertiary/aromatic N) is 2. The number of aryl methyl sites for hydroxylation is 1. The quantitative estimate of drug-likeness (QED) is 0.497. The summed E-state index contributed by atoms with van der Waals surface area (Å²) in [7, 11) is 3.26. The number of hydroxylamine groups is 1. The van der Waals surface area contributed by atoms with E-state index in [4.69, 9.17) is 14.7 Å². The summed E-state index contributed by atoms with van der Waals surface area (Å²) < 4.78 is 6.28. The molecule has 90 valence electrons. The van der Waals surface area contributed by atoms with Gasteiger partial charge < -0.3 is 9.84 Å². The first-order chi connectivity index (χ1) is 7.66. The maximum Gasteiger partial charge on any atom is 0.339 e. The van der Waals surface area contributed by atoms with Crippen LogP contribution in [0.15, 0.2) is 6.20 Å². The summed E-state index contributed by atoms with van der Waals surface area (Å²) in [5, 5.41) is 12.7. The summed E-state index contributed by atoms with van der Waals surface area (Å²) in [6.45, 7) is 1.16. The number of carboxylic acids is 1. The maximum absolute atomic E-state index is 10.8. The zero-order chi connectivity index (χ0) is 12.0. The topological polar surface area (TPSA) is 85.6 Å². The molecule has 0 atom stereocenters. The van der Waals surface area contributed by atoms with Gasteiger partial charge >= 0.3 is 5.97 Å². The molecule has 0 aliphatic carbocycles. The molecule has 0 aromatic carbocycles. The van der Waals surface area contributed by atoms with Crippen LogP contribution in [0.2, 0.25) is 0 Å². The van der Waals surface area contributed by atoms with Crippen LogP contribution < -0.4 is 5.48 Å². The maximum atomic E-state index is 10.8. The molecule has 0 aliphatic rings. The van der Waals surface area contributed by atoms with Gasteiger partial charge in [0.15, 0.2) is 0 Å². The first-order valence-corrected chi connectivity index (χ1v) is 4.74. The highest BCUT2D eigenvalue weighted by atomic mass is 16.7. The van der Waals surface area contributed by atoms with Gasteiger partial charge in [0.2, 0.25) is 0 Å². The summed E-state index contributed by atoms with van der Waals surface area (Å²) in [4.78, 5) is 15.9. The second-order valence-electron chi connectivity index (χ2n) is 3.10. The Morgan fingerprint density at radius 3 is 3.00 bits per heavy atom. The van der Waals surface area contributed by atoms with E-state index in [1.54, 1.807) is 14.2 Å². The van der Waals surface area contributed by atoms with Crippen molar-refractivity contribution in [3.05, 3.63) is 17.5 Å². The van der Waals surface area contributed by atoms with Crippen molar-refractivity contribution < 1.29 is 19.5 Å². The van der Waals surface area contributed by atoms with Gasteiger partial charge in [0.25, 0.3) is 0 Å². The molecule has 0 saturated carbocycles. The van der Waals surface area contributed by atoms with Crippen LogP contribution in [0.25, 0.3) is 0 Å². The zero-order valence-corrected chi connectivity index (χ0v) is 9.27. The molecule has 0 saturated heterocycles. The van der Waals surface area contributed by atoms with Gasteiger partial charge in [0, 0.05) is 14.2 Å². The normalized spacial score (nSPS) is 10.6. The predicted molar refractivity (Wildman–Crippen MR) is 54.8 cm³/mol. The van der Waals surface area contributed by atoms with Crippen LogP contribution >= 0.6 is 0 Å². The fraction of sp³-hybridized carbons (Fsp3) is 0.556. The Morgan fingerprint density at radius 1 is 1.62 bits per heavy atom. The van der Waals surface area contributed by atoms with Gasteiger partial charge in [-0.1, -0.05) is 0 Å². The van der Waals surface area contributed by atoms with Crippen molar-refractivity contribution >= 4 is 5.97 Å². The number of ether oxygens (including phenoxy) is 1. The fourth-order valence-electron chi connectivity index (χ4n) is 1.17. The monoisotopic (exact) mass is 229 g/mol. The second-order valence-corrected chi connectivity index (χ2v) is 3.10. The average molecular weight is 229 g/mol. The molecule has 1 rings (SSSR count). The lowest BCUT2D eigenvalue weighted by Crippen LogP contribution is -2.20. The fourth-order valence-corrected chi connectivity index (χ4v) is 1.17. The number of carbonyl (C=O) groups is 1. The summed E-state index contributed by atoms with van der Waals surface area (Å²) in [5.41, 5.74) is 3.39. The van der Waals surface area contributed by atoms with Crippen molar-refractivity contribution in [1.29, 1.82) is 0 Å². The Kier molecular flexibility index (Phi) is 4.90. The molecule has 0 fully saturated rings. The molecule has 0 amide bonds. The van der Waals surface area contributed by atoms with E-state index in [2.05, 4.69) is 10.6 Å². The van der Waals surface area contributed by atoms with Crippen LogP contribution in [0.1, 0.15) is 16.1 Å². The van der Waals surface area contributed by atoms with Crippen molar-refractivity contribution in [3.63, 3.8) is 0 Å². The summed E-state index contributed by atoms with van der Waals surface area (Å²) in [6, 6.07) is 0. The van der Waals surface area contributed by atoms with Crippen LogP contribution in [0.5, 0.6) is 0 Å². The third kappa shape index (κ3) is 3.30. The number of methoxy groups -OCH3 is 1. The van der Waals surface area contributed by atoms with E-state index in [9.17, 15) is 4.79 Å². The number of aromatic carboxylic acids is 1. The standard InChI is InChI=1S/C9H15N3O4/c1-12-8(6-11-16-4-3-15-2)7(5-10-12)9(13)14/h5,11H,3-4,6H2,1-2H3,(H,13,14). The van der Waals surface area contributed by atoms with Crippen LogP contribution in [0.4, 0.5) is 0 Å². The van der Waals surface area contributed by atoms with Gasteiger partial charge in [-0.3, -0.25) is 9.52 Å². The summed E-state index contributed by atoms with van der Waals surface area (Å²) >= 11 is 0. The number of nitrogens with one attached hydrogen (secondary N) is 1. The zero-order valence-electron chi connectivity index (χ0n) is 9.27. The lowest BCUT2D eigenvalue weighted by molar-refractivity contribution is 0.00242. The predicted octanol–water partition coefficient (Wildman–Crippen LogP) is -0.214. The van der Waals surface area contributed by atoms with E-state index < -0.39 is 5.97 Å². The molecule has 1 aromatic rings. The number of carboxylic acid groups (broad SMARTS) is 1. The Balaban J connectivity index is 2.46. The van der Waals surface area contributed by atoms with Gasteiger partial charge in [-0.25, -0.2) is 4.79 Å². The molecule has 0 radical (unpaired) electrons. The Morgan fingerprint density at radius 2 is 2.38 bits per heavy atom. The number of aromatic nitrogens is 2. The van der Waals surface area contributed by atoms with Crippen LogP contribution in [-0.2, 0) is 23.2 Å². The van der Waals surface area contributed by atoms with E-state index >= 15 is 0 Å². The summed E-state index contributed by atoms with van der Waals surface area (Å²) in [5.74, 6) is -0.998. The van der Waals surface area contributed by atoms with E-state index in [0.29, 0.717) is 18.9 Å². The highest BCUT2D eigenvalue weighted by Crippen LogP contribution is 2.06. The SMILES string of the molecule is COCCONCc1c(C(=O)O)cnn1C. The van der Waals surface area contributed by atoms with Crippen molar-refractivity contribution in [2.75, 3.05) is 20.3 Å². The second kappa shape index (κ2) is 6.21. The van der Waals surface area contributed by atoms with Crippen LogP contribution in [-0.4, -0.2) is 41.2 Å². The molecule has 16 heavy (non-hydrogen) atoms. The molecule has 2 N–H and O–H groups in total. The minimum Gasteiger partial charge on any atom is -0.478 e. The molecule has 7 heteroatoms. The Labute approximate surface area is 92.9 Å². The van der Waals surface area contributed by atoms with E-state index in [1.807, 2.05) is 0 Å². The number of hydrogen-bond donors (Lipinski definition) is 2. The Hall–Kier alpha value is -1.44.